The average molecular weight is 312 g/mol. The number of anilines is 1. The van der Waals surface area contributed by atoms with Crippen molar-refractivity contribution in [2.45, 2.75) is 13.0 Å². The van der Waals surface area contributed by atoms with E-state index >= 15 is 0 Å². The van der Waals surface area contributed by atoms with E-state index in [1.165, 1.54) is 13.2 Å². The monoisotopic (exact) mass is 312 g/mol. The van der Waals surface area contributed by atoms with Crippen LogP contribution in [0.15, 0.2) is 53.2 Å². The van der Waals surface area contributed by atoms with Crippen molar-refractivity contribution in [2.75, 3.05) is 12.4 Å². The molecular weight excluding hydrogens is 296 g/mol. The molecule has 0 saturated heterocycles. The van der Waals surface area contributed by atoms with Gasteiger partial charge in [0.1, 0.15) is 0 Å². The van der Waals surface area contributed by atoms with Gasteiger partial charge in [-0.25, -0.2) is 0 Å². The molecule has 1 unspecified atom stereocenters. The molecule has 3 aromatic rings. The zero-order valence-electron chi connectivity index (χ0n) is 12.8. The fourth-order valence-corrected chi connectivity index (χ4v) is 2.14. The number of aromatic nitrogens is 3. The lowest BCUT2D eigenvalue weighted by Crippen LogP contribution is -2.13. The molecule has 2 aromatic heterocycles. The quantitative estimate of drug-likeness (QED) is 0.783. The summed E-state index contributed by atoms with van der Waals surface area (Å²) in [4.78, 5) is 12.0. The number of nitrogens with one attached hydrogen (secondary N) is 1. The molecule has 2 heterocycles. The molecule has 1 N–H and O–H groups in total. The Morgan fingerprint density at radius 3 is 2.78 bits per heavy atom. The number of amides is 1. The lowest BCUT2D eigenvalue weighted by molar-refractivity contribution is 0.0987. The summed E-state index contributed by atoms with van der Waals surface area (Å²) in [6, 6.07) is 13.2. The molecule has 0 aliphatic carbocycles. The average Bonchev–Trinajstić information content (AvgIpc) is 3.24. The van der Waals surface area contributed by atoms with Crippen LogP contribution in [0.1, 0.15) is 29.1 Å². The molecule has 7 nitrogen and oxygen atoms in total. The van der Waals surface area contributed by atoms with Crippen molar-refractivity contribution in [2.24, 2.45) is 0 Å². The maximum absolute atomic E-state index is 12.0. The molecule has 23 heavy (non-hydrogen) atoms. The van der Waals surface area contributed by atoms with Crippen molar-refractivity contribution >= 4 is 11.7 Å². The number of hydrogen-bond acceptors (Lipinski definition) is 5. The Morgan fingerprint density at radius 1 is 1.30 bits per heavy atom. The van der Waals surface area contributed by atoms with Gasteiger partial charge in [-0.15, -0.1) is 0 Å². The van der Waals surface area contributed by atoms with Crippen LogP contribution in [0.25, 0.3) is 0 Å². The number of rotatable bonds is 5. The van der Waals surface area contributed by atoms with E-state index in [0.717, 1.165) is 5.56 Å². The number of ether oxygens (including phenoxy) is 1. The Kier molecular flexibility index (Phi) is 4.09. The molecular formula is C16H16N4O3. The number of methoxy groups -OCH3 is 1. The second kappa shape index (κ2) is 6.35. The zero-order chi connectivity index (χ0) is 16.2. The number of hydrogen-bond donors (Lipinski definition) is 1. The molecule has 0 aliphatic heterocycles. The Hall–Kier alpha value is -3.09. The number of carbonyl (C=O) groups excluding carboxylic acids is 1. The fraction of sp³-hybridized carbons (Fsp3) is 0.188. The second-order valence-corrected chi connectivity index (χ2v) is 4.96. The van der Waals surface area contributed by atoms with Gasteiger partial charge in [-0.1, -0.05) is 30.3 Å². The van der Waals surface area contributed by atoms with Crippen LogP contribution in [0.5, 0.6) is 5.88 Å². The van der Waals surface area contributed by atoms with Crippen LogP contribution in [0.4, 0.5) is 5.82 Å². The van der Waals surface area contributed by atoms with Gasteiger partial charge in [0.25, 0.3) is 11.8 Å². The second-order valence-electron chi connectivity index (χ2n) is 4.96. The van der Waals surface area contributed by atoms with E-state index in [1.807, 2.05) is 43.5 Å². The van der Waals surface area contributed by atoms with Crippen molar-refractivity contribution < 1.29 is 14.1 Å². The molecule has 1 aromatic carbocycles. The van der Waals surface area contributed by atoms with Crippen LogP contribution >= 0.6 is 0 Å². The normalized spacial score (nSPS) is 11.9. The topological polar surface area (TPSA) is 82.2 Å². The van der Waals surface area contributed by atoms with Crippen LogP contribution in [-0.4, -0.2) is 28.0 Å². The number of carbonyl (C=O) groups is 1. The highest BCUT2D eigenvalue weighted by Crippen LogP contribution is 2.18. The first-order valence-corrected chi connectivity index (χ1v) is 7.09. The fourth-order valence-electron chi connectivity index (χ4n) is 2.14. The summed E-state index contributed by atoms with van der Waals surface area (Å²) in [5, 5.41) is 10.6. The van der Waals surface area contributed by atoms with E-state index in [4.69, 9.17) is 9.26 Å². The van der Waals surface area contributed by atoms with Gasteiger partial charge in [0.2, 0.25) is 5.76 Å². The third kappa shape index (κ3) is 3.23. The van der Waals surface area contributed by atoms with Crippen molar-refractivity contribution in [3.63, 3.8) is 0 Å². The Labute approximate surface area is 132 Å². The van der Waals surface area contributed by atoms with Gasteiger partial charge < -0.3 is 14.6 Å². The standard InChI is InChI=1S/C16H16N4O3/c1-11(12-6-4-3-5-7-12)20-9-8-14(18-20)17-16(21)13-10-15(22-2)19-23-13/h3-11H,1-2H3,(H,17,18,21). The van der Waals surface area contributed by atoms with Crippen molar-refractivity contribution in [1.82, 2.24) is 14.9 Å². The summed E-state index contributed by atoms with van der Waals surface area (Å²) in [5.41, 5.74) is 1.13. The van der Waals surface area contributed by atoms with Crippen molar-refractivity contribution in [3.8, 4) is 5.88 Å². The van der Waals surface area contributed by atoms with Gasteiger partial charge in [-0.05, 0) is 17.6 Å². The van der Waals surface area contributed by atoms with Gasteiger partial charge in [0.15, 0.2) is 5.82 Å². The predicted octanol–water partition coefficient (Wildman–Crippen LogP) is 2.74. The Morgan fingerprint density at radius 2 is 2.09 bits per heavy atom. The molecule has 3 rings (SSSR count). The summed E-state index contributed by atoms with van der Waals surface area (Å²) >= 11 is 0. The van der Waals surface area contributed by atoms with Crippen molar-refractivity contribution in [1.29, 1.82) is 0 Å². The Balaban J connectivity index is 1.71. The minimum absolute atomic E-state index is 0.0622. The molecule has 0 saturated carbocycles. The third-order valence-electron chi connectivity index (χ3n) is 3.45. The van der Waals surface area contributed by atoms with Gasteiger partial charge in [-0.2, -0.15) is 5.10 Å². The summed E-state index contributed by atoms with van der Waals surface area (Å²) in [5.74, 6) is 0.317. The van der Waals surface area contributed by atoms with Gasteiger partial charge >= 0.3 is 0 Å². The smallest absolute Gasteiger partial charge is 0.295 e. The van der Waals surface area contributed by atoms with E-state index < -0.39 is 5.91 Å². The minimum atomic E-state index is -0.432. The maximum atomic E-state index is 12.0. The summed E-state index contributed by atoms with van der Waals surface area (Å²) in [6.07, 6.45) is 1.81. The first-order chi connectivity index (χ1) is 11.2. The number of benzene rings is 1. The van der Waals surface area contributed by atoms with Crippen LogP contribution in [-0.2, 0) is 0 Å². The SMILES string of the molecule is COc1cc(C(=O)Nc2ccn(C(C)c3ccccc3)n2)on1. The van der Waals surface area contributed by atoms with Crippen molar-refractivity contribution in [3.05, 3.63) is 60.0 Å². The lowest BCUT2D eigenvalue weighted by atomic mass is 10.1. The molecule has 118 valence electrons. The molecule has 1 amide bonds. The molecule has 7 heteroatoms. The summed E-state index contributed by atoms with van der Waals surface area (Å²) in [6.45, 7) is 2.04. The third-order valence-corrected chi connectivity index (χ3v) is 3.45. The highest BCUT2D eigenvalue weighted by molar-refractivity contribution is 6.01. The molecule has 0 radical (unpaired) electrons. The first-order valence-electron chi connectivity index (χ1n) is 7.09. The van der Waals surface area contributed by atoms with E-state index in [0.29, 0.717) is 5.82 Å². The predicted molar refractivity (Wildman–Crippen MR) is 83.5 cm³/mol. The van der Waals surface area contributed by atoms with E-state index in [-0.39, 0.29) is 17.7 Å². The van der Waals surface area contributed by atoms with E-state index in [1.54, 1.807) is 10.7 Å². The van der Waals surface area contributed by atoms with Gasteiger partial charge in [0.05, 0.1) is 19.2 Å². The number of nitrogens with zero attached hydrogens (tertiary/aromatic N) is 3. The molecule has 1 atom stereocenters. The molecule has 0 spiro atoms. The van der Waals surface area contributed by atoms with Crippen LogP contribution in [0.3, 0.4) is 0 Å². The van der Waals surface area contributed by atoms with E-state index in [9.17, 15) is 4.79 Å². The van der Waals surface area contributed by atoms with Crippen LogP contribution < -0.4 is 10.1 Å². The van der Waals surface area contributed by atoms with Crippen LogP contribution in [0, 0.1) is 0 Å². The molecule has 0 aliphatic rings. The van der Waals surface area contributed by atoms with Crippen LogP contribution in [0.2, 0.25) is 0 Å². The summed E-state index contributed by atoms with van der Waals surface area (Å²) < 4.78 is 11.6. The molecule has 0 bridgehead atoms. The maximum Gasteiger partial charge on any atom is 0.295 e. The van der Waals surface area contributed by atoms with Gasteiger partial charge in [-0.3, -0.25) is 9.48 Å². The largest absolute Gasteiger partial charge is 0.479 e. The highest BCUT2D eigenvalue weighted by Gasteiger charge is 2.15. The highest BCUT2D eigenvalue weighted by atomic mass is 16.5. The first kappa shape index (κ1) is 14.8. The zero-order valence-corrected chi connectivity index (χ0v) is 12.8. The Bertz CT molecular complexity index is 795. The van der Waals surface area contributed by atoms with Gasteiger partial charge in [0, 0.05) is 12.3 Å². The minimum Gasteiger partial charge on any atom is -0.479 e. The molecule has 0 fully saturated rings. The summed E-state index contributed by atoms with van der Waals surface area (Å²) in [7, 11) is 1.45. The lowest BCUT2D eigenvalue weighted by Gasteiger charge is -2.12. The van der Waals surface area contributed by atoms with E-state index in [2.05, 4.69) is 15.6 Å².